The Balaban J connectivity index is 2.51. The third-order valence-electron chi connectivity index (χ3n) is 3.86. The first-order valence-corrected chi connectivity index (χ1v) is 12.2. The molecule has 0 N–H and O–H groups in total. The van der Waals surface area contributed by atoms with Gasteiger partial charge in [0, 0.05) is 27.1 Å². The second-order valence-electron chi connectivity index (χ2n) is 8.68. The fourth-order valence-corrected chi connectivity index (χ4v) is 3.20. The Kier molecular flexibility index (Phi) is 7.01. The quantitative estimate of drug-likeness (QED) is 0.415. The summed E-state index contributed by atoms with van der Waals surface area (Å²) in [5.41, 5.74) is -0.582. The largest absolute Gasteiger partial charge is 0.466 e. The number of carbonyl (C=O) groups excluding carboxylic acids is 3. The summed E-state index contributed by atoms with van der Waals surface area (Å²) in [6.45, 7) is 13.1. The summed E-state index contributed by atoms with van der Waals surface area (Å²) in [6, 6.07) is 0.921. The van der Waals surface area contributed by atoms with Crippen molar-refractivity contribution < 1.29 is 23.9 Å². The summed E-state index contributed by atoms with van der Waals surface area (Å²) >= 11 is 0. The Hall–Kier alpha value is -1.37. The molecule has 0 aromatic rings. The zero-order valence-corrected chi connectivity index (χ0v) is 16.8. The van der Waals surface area contributed by atoms with Gasteiger partial charge in [-0.25, -0.2) is 4.79 Å². The molecule has 1 aliphatic rings. The van der Waals surface area contributed by atoms with Gasteiger partial charge in [-0.3, -0.25) is 4.79 Å². The highest BCUT2D eigenvalue weighted by atomic mass is 28.3. The maximum absolute atomic E-state index is 12.1. The van der Waals surface area contributed by atoms with Gasteiger partial charge in [0.1, 0.15) is 11.9 Å². The fourth-order valence-electron chi connectivity index (χ4n) is 2.49. The van der Waals surface area contributed by atoms with Crippen LogP contribution < -0.4 is 0 Å². The van der Waals surface area contributed by atoms with Crippen LogP contribution in [0.3, 0.4) is 0 Å². The van der Waals surface area contributed by atoms with Gasteiger partial charge in [0.15, 0.2) is 0 Å². The Bertz CT molecular complexity index is 467. The highest BCUT2D eigenvalue weighted by molar-refractivity contribution is 6.76. The molecule has 1 amide bonds. The minimum atomic E-state index is -1.24. The molecular formula is C17H31NO5Si. The lowest BCUT2D eigenvalue weighted by atomic mass is 9.94. The van der Waals surface area contributed by atoms with E-state index in [2.05, 4.69) is 19.6 Å². The number of rotatable bonds is 6. The number of hydrogen-bond acceptors (Lipinski definition) is 5. The fraction of sp³-hybridized carbons (Fsp3) is 0.824. The van der Waals surface area contributed by atoms with Crippen LogP contribution in [-0.4, -0.2) is 56.6 Å². The second kappa shape index (κ2) is 8.14. The number of hydrogen-bond donors (Lipinski definition) is 0. The minimum Gasteiger partial charge on any atom is -0.466 e. The summed E-state index contributed by atoms with van der Waals surface area (Å²) in [4.78, 5) is 36.9. The maximum atomic E-state index is 12.1. The standard InChI is InChI=1S/C17H31NO5Si/c1-17(2,3)23-16(21)18-10-13(14(11-18)12-19)9-15(20)22-7-8-24(4,5)6/h12-14H,7-11H2,1-6H3. The van der Waals surface area contributed by atoms with Crippen LogP contribution in [0.5, 0.6) is 0 Å². The van der Waals surface area contributed by atoms with E-state index in [0.29, 0.717) is 19.7 Å². The Morgan fingerprint density at radius 3 is 2.33 bits per heavy atom. The van der Waals surface area contributed by atoms with Gasteiger partial charge in [-0.2, -0.15) is 0 Å². The van der Waals surface area contributed by atoms with Crippen molar-refractivity contribution in [3.8, 4) is 0 Å². The van der Waals surface area contributed by atoms with E-state index >= 15 is 0 Å². The predicted molar refractivity (Wildman–Crippen MR) is 94.6 cm³/mol. The SMILES string of the molecule is CC(C)(C)OC(=O)N1CC(C=O)C(CC(=O)OCC[Si](C)(C)C)C1. The summed E-state index contributed by atoms with van der Waals surface area (Å²) in [7, 11) is -1.24. The van der Waals surface area contributed by atoms with Crippen molar-refractivity contribution in [1.29, 1.82) is 0 Å². The van der Waals surface area contributed by atoms with Crippen molar-refractivity contribution in [2.45, 2.75) is 58.5 Å². The smallest absolute Gasteiger partial charge is 0.410 e. The highest BCUT2D eigenvalue weighted by Gasteiger charge is 2.38. The first-order valence-electron chi connectivity index (χ1n) is 8.50. The van der Waals surface area contributed by atoms with Crippen LogP contribution in [0.25, 0.3) is 0 Å². The molecule has 0 aliphatic carbocycles. The molecule has 2 atom stereocenters. The van der Waals surface area contributed by atoms with E-state index in [1.54, 1.807) is 20.8 Å². The number of aldehydes is 1. The minimum absolute atomic E-state index is 0.161. The summed E-state index contributed by atoms with van der Waals surface area (Å²) < 4.78 is 10.6. The molecule has 2 unspecified atom stereocenters. The van der Waals surface area contributed by atoms with E-state index in [0.717, 1.165) is 12.3 Å². The first kappa shape index (κ1) is 20.7. The summed E-state index contributed by atoms with van der Waals surface area (Å²) in [5.74, 6) is -0.840. The lowest BCUT2D eigenvalue weighted by Gasteiger charge is -2.24. The molecule has 1 aliphatic heterocycles. The highest BCUT2D eigenvalue weighted by Crippen LogP contribution is 2.27. The van der Waals surface area contributed by atoms with Crippen molar-refractivity contribution in [2.24, 2.45) is 11.8 Å². The van der Waals surface area contributed by atoms with Crippen molar-refractivity contribution in [2.75, 3.05) is 19.7 Å². The van der Waals surface area contributed by atoms with E-state index < -0.39 is 19.8 Å². The topological polar surface area (TPSA) is 72.9 Å². The van der Waals surface area contributed by atoms with Crippen molar-refractivity contribution in [3.63, 3.8) is 0 Å². The summed E-state index contributed by atoms with van der Waals surface area (Å²) in [6.07, 6.45) is 0.544. The van der Waals surface area contributed by atoms with Crippen LogP contribution in [0.1, 0.15) is 27.2 Å². The number of carbonyl (C=O) groups is 3. The van der Waals surface area contributed by atoms with E-state index in [1.165, 1.54) is 4.90 Å². The monoisotopic (exact) mass is 357 g/mol. The molecule has 1 heterocycles. The van der Waals surface area contributed by atoms with E-state index in [4.69, 9.17) is 9.47 Å². The van der Waals surface area contributed by atoms with Gasteiger partial charge in [0.2, 0.25) is 0 Å². The van der Waals surface area contributed by atoms with Crippen molar-refractivity contribution in [1.82, 2.24) is 4.90 Å². The molecule has 0 radical (unpaired) electrons. The van der Waals surface area contributed by atoms with Crippen LogP contribution in [0.15, 0.2) is 0 Å². The third kappa shape index (κ3) is 7.46. The van der Waals surface area contributed by atoms with E-state index in [1.807, 2.05) is 0 Å². The van der Waals surface area contributed by atoms with Crippen LogP contribution >= 0.6 is 0 Å². The normalized spacial score (nSPS) is 21.5. The second-order valence-corrected chi connectivity index (χ2v) is 14.3. The summed E-state index contributed by atoms with van der Waals surface area (Å²) in [5, 5.41) is 0. The van der Waals surface area contributed by atoms with Gasteiger partial charge < -0.3 is 19.2 Å². The lowest BCUT2D eigenvalue weighted by Crippen LogP contribution is -2.35. The molecule has 24 heavy (non-hydrogen) atoms. The molecule has 0 aromatic heterocycles. The van der Waals surface area contributed by atoms with Crippen LogP contribution in [0, 0.1) is 11.8 Å². The Morgan fingerprint density at radius 2 is 1.83 bits per heavy atom. The van der Waals surface area contributed by atoms with Gasteiger partial charge in [0.05, 0.1) is 13.0 Å². The van der Waals surface area contributed by atoms with E-state index in [-0.39, 0.29) is 24.2 Å². The van der Waals surface area contributed by atoms with Gasteiger partial charge in [-0.1, -0.05) is 19.6 Å². The molecular weight excluding hydrogens is 326 g/mol. The number of ether oxygens (including phenoxy) is 2. The van der Waals surface area contributed by atoms with Gasteiger partial charge in [0.25, 0.3) is 0 Å². The molecule has 0 aromatic carbocycles. The molecule has 7 heteroatoms. The molecule has 0 saturated carbocycles. The molecule has 1 rings (SSSR count). The first-order chi connectivity index (χ1) is 10.9. The van der Waals surface area contributed by atoms with E-state index in [9.17, 15) is 14.4 Å². The molecule has 138 valence electrons. The van der Waals surface area contributed by atoms with Crippen LogP contribution in [-0.2, 0) is 19.1 Å². The van der Waals surface area contributed by atoms with Crippen molar-refractivity contribution >= 4 is 26.4 Å². The molecule has 1 fully saturated rings. The molecule has 0 spiro atoms. The zero-order chi connectivity index (χ0) is 18.5. The van der Waals surface area contributed by atoms with Gasteiger partial charge in [-0.05, 0) is 32.7 Å². The Labute approximate surface area is 145 Å². The maximum Gasteiger partial charge on any atom is 0.410 e. The number of nitrogens with zero attached hydrogens (tertiary/aromatic N) is 1. The molecule has 1 saturated heterocycles. The molecule has 6 nitrogen and oxygen atoms in total. The van der Waals surface area contributed by atoms with Gasteiger partial charge >= 0.3 is 12.1 Å². The van der Waals surface area contributed by atoms with Crippen molar-refractivity contribution in [3.05, 3.63) is 0 Å². The number of likely N-dealkylation sites (tertiary alicyclic amines) is 1. The number of esters is 1. The average molecular weight is 358 g/mol. The van der Waals surface area contributed by atoms with Gasteiger partial charge in [-0.15, -0.1) is 0 Å². The Morgan fingerprint density at radius 1 is 1.21 bits per heavy atom. The molecule has 0 bridgehead atoms. The third-order valence-corrected chi connectivity index (χ3v) is 5.57. The van der Waals surface area contributed by atoms with Crippen LogP contribution in [0.2, 0.25) is 25.7 Å². The predicted octanol–water partition coefficient (Wildman–Crippen LogP) is 2.94. The zero-order valence-electron chi connectivity index (χ0n) is 15.8. The lowest BCUT2D eigenvalue weighted by molar-refractivity contribution is -0.144. The van der Waals surface area contributed by atoms with Crippen LogP contribution in [0.4, 0.5) is 4.79 Å². The number of amides is 1. The average Bonchev–Trinajstić information content (AvgIpc) is 2.78.